The molecule has 19 heavy (non-hydrogen) atoms. The van der Waals surface area contributed by atoms with Crippen LogP contribution < -0.4 is 0 Å². The number of hydrogen-bond donors (Lipinski definition) is 1. The second-order valence-corrected chi connectivity index (χ2v) is 5.66. The maximum atomic E-state index is 9.33. The molecule has 0 aliphatic rings. The van der Waals surface area contributed by atoms with Gasteiger partial charge in [-0.2, -0.15) is 5.10 Å². The highest BCUT2D eigenvalue weighted by Gasteiger charge is 2.12. The molecule has 0 fully saturated rings. The lowest BCUT2D eigenvalue weighted by Crippen LogP contribution is -2.04. The molecule has 2 heterocycles. The van der Waals surface area contributed by atoms with Crippen LogP contribution in [0.2, 0.25) is 0 Å². The highest BCUT2D eigenvalue weighted by molar-refractivity contribution is 7.18. The minimum Gasteiger partial charge on any atom is -0.392 e. The Morgan fingerprint density at radius 3 is 2.74 bits per heavy atom. The Hall–Kier alpha value is -1.72. The summed E-state index contributed by atoms with van der Waals surface area (Å²) in [4.78, 5) is 4.61. The van der Waals surface area contributed by atoms with Gasteiger partial charge in [0.05, 0.1) is 29.1 Å². The van der Waals surface area contributed by atoms with E-state index in [2.05, 4.69) is 16.1 Å². The summed E-state index contributed by atoms with van der Waals surface area (Å²) in [6.45, 7) is 4.61. The van der Waals surface area contributed by atoms with E-state index in [1.54, 1.807) is 11.3 Å². The van der Waals surface area contributed by atoms with E-state index in [1.165, 1.54) is 4.70 Å². The summed E-state index contributed by atoms with van der Waals surface area (Å²) < 4.78 is 3.11. The molecule has 1 aromatic carbocycles. The highest BCUT2D eigenvalue weighted by atomic mass is 32.1. The molecule has 0 radical (unpaired) electrons. The number of nitrogens with zero attached hydrogens (tertiary/aromatic N) is 3. The average Bonchev–Trinajstić information content (AvgIpc) is 2.91. The average molecular weight is 273 g/mol. The Morgan fingerprint density at radius 2 is 2.05 bits per heavy atom. The van der Waals surface area contributed by atoms with Crippen molar-refractivity contribution in [3.63, 3.8) is 0 Å². The lowest BCUT2D eigenvalue weighted by molar-refractivity contribution is 0.280. The maximum absolute atomic E-state index is 9.33. The van der Waals surface area contributed by atoms with E-state index in [0.717, 1.165) is 27.5 Å². The molecule has 0 amide bonds. The number of hydrogen-bond acceptors (Lipinski definition) is 4. The summed E-state index contributed by atoms with van der Waals surface area (Å²) in [5.74, 6) is 0. The topological polar surface area (TPSA) is 50.9 Å². The van der Waals surface area contributed by atoms with Crippen LogP contribution in [0, 0.1) is 13.8 Å². The SMILES string of the molecule is Cc1nn(Cc2nc3ccccc3s2)c(C)c1CO. The van der Waals surface area contributed by atoms with Gasteiger partial charge in [-0.05, 0) is 26.0 Å². The van der Waals surface area contributed by atoms with Crippen LogP contribution in [0.25, 0.3) is 10.2 Å². The van der Waals surface area contributed by atoms with Gasteiger partial charge < -0.3 is 5.11 Å². The third kappa shape index (κ3) is 2.15. The van der Waals surface area contributed by atoms with E-state index in [-0.39, 0.29) is 6.61 Å². The van der Waals surface area contributed by atoms with Crippen LogP contribution in [0.4, 0.5) is 0 Å². The molecule has 1 N–H and O–H groups in total. The van der Waals surface area contributed by atoms with Crippen molar-refractivity contribution in [1.29, 1.82) is 0 Å². The minimum absolute atomic E-state index is 0.0392. The molecule has 0 unspecified atom stereocenters. The first kappa shape index (κ1) is 12.3. The monoisotopic (exact) mass is 273 g/mol. The van der Waals surface area contributed by atoms with Crippen LogP contribution >= 0.6 is 11.3 Å². The minimum atomic E-state index is 0.0392. The van der Waals surface area contributed by atoms with E-state index in [4.69, 9.17) is 0 Å². The van der Waals surface area contributed by atoms with Crippen molar-refractivity contribution in [1.82, 2.24) is 14.8 Å². The summed E-state index contributed by atoms with van der Waals surface area (Å²) in [6.07, 6.45) is 0. The summed E-state index contributed by atoms with van der Waals surface area (Å²) in [5, 5.41) is 14.8. The van der Waals surface area contributed by atoms with E-state index >= 15 is 0 Å². The molecule has 0 saturated heterocycles. The van der Waals surface area contributed by atoms with Gasteiger partial charge in [-0.1, -0.05) is 12.1 Å². The first-order chi connectivity index (χ1) is 9.19. The Balaban J connectivity index is 1.96. The number of thiazole rings is 1. The Bertz CT molecular complexity index is 696. The van der Waals surface area contributed by atoms with Crippen LogP contribution in [0.3, 0.4) is 0 Å². The normalized spacial score (nSPS) is 11.3. The first-order valence-corrected chi connectivity index (χ1v) is 6.99. The highest BCUT2D eigenvalue weighted by Crippen LogP contribution is 2.23. The summed E-state index contributed by atoms with van der Waals surface area (Å²) in [6, 6.07) is 8.13. The molecule has 2 aromatic heterocycles. The van der Waals surface area contributed by atoms with Gasteiger partial charge in [0.1, 0.15) is 5.01 Å². The largest absolute Gasteiger partial charge is 0.392 e. The molecule has 0 atom stereocenters. The Kier molecular flexibility index (Phi) is 3.08. The number of aromatic nitrogens is 3. The molecule has 0 aliphatic heterocycles. The van der Waals surface area contributed by atoms with Gasteiger partial charge in [0.25, 0.3) is 0 Å². The number of aryl methyl sites for hydroxylation is 1. The second-order valence-electron chi connectivity index (χ2n) is 4.54. The van der Waals surface area contributed by atoms with E-state index in [0.29, 0.717) is 6.54 Å². The van der Waals surface area contributed by atoms with Crippen LogP contribution in [-0.2, 0) is 13.2 Å². The van der Waals surface area contributed by atoms with Crippen LogP contribution in [0.15, 0.2) is 24.3 Å². The third-order valence-electron chi connectivity index (χ3n) is 3.31. The van der Waals surface area contributed by atoms with Crippen molar-refractivity contribution in [3.05, 3.63) is 46.2 Å². The van der Waals surface area contributed by atoms with Gasteiger partial charge in [0, 0.05) is 11.3 Å². The standard InChI is InChI=1S/C14H15N3OS/c1-9-11(8-18)10(2)17(16-9)7-14-15-12-5-3-4-6-13(12)19-14/h3-6,18H,7-8H2,1-2H3. The van der Waals surface area contributed by atoms with Gasteiger partial charge >= 0.3 is 0 Å². The fourth-order valence-corrected chi connectivity index (χ4v) is 3.18. The van der Waals surface area contributed by atoms with Crippen molar-refractivity contribution in [2.75, 3.05) is 0 Å². The fourth-order valence-electron chi connectivity index (χ4n) is 2.23. The zero-order valence-electron chi connectivity index (χ0n) is 10.9. The van der Waals surface area contributed by atoms with Crippen molar-refractivity contribution >= 4 is 21.6 Å². The predicted octanol–water partition coefficient (Wildman–Crippen LogP) is 2.65. The zero-order valence-corrected chi connectivity index (χ0v) is 11.7. The fraction of sp³-hybridized carbons (Fsp3) is 0.286. The molecule has 0 spiro atoms. The lowest BCUT2D eigenvalue weighted by atomic mass is 10.2. The van der Waals surface area contributed by atoms with E-state index < -0.39 is 0 Å². The number of aliphatic hydroxyl groups is 1. The van der Waals surface area contributed by atoms with Crippen molar-refractivity contribution in [2.45, 2.75) is 27.0 Å². The number of aliphatic hydroxyl groups excluding tert-OH is 1. The number of rotatable bonds is 3. The maximum Gasteiger partial charge on any atom is 0.115 e. The predicted molar refractivity (Wildman–Crippen MR) is 76.3 cm³/mol. The summed E-state index contributed by atoms with van der Waals surface area (Å²) in [7, 11) is 0. The van der Waals surface area contributed by atoms with E-state index in [1.807, 2.05) is 36.7 Å². The summed E-state index contributed by atoms with van der Waals surface area (Å²) >= 11 is 1.69. The molecule has 3 aromatic rings. The smallest absolute Gasteiger partial charge is 0.115 e. The number of para-hydroxylation sites is 1. The molecule has 0 saturated carbocycles. The molecular formula is C14H15N3OS. The third-order valence-corrected chi connectivity index (χ3v) is 4.33. The Morgan fingerprint density at radius 1 is 1.26 bits per heavy atom. The first-order valence-electron chi connectivity index (χ1n) is 6.17. The zero-order chi connectivity index (χ0) is 13.4. The Labute approximate surface area is 115 Å². The van der Waals surface area contributed by atoms with Gasteiger partial charge in [-0.15, -0.1) is 11.3 Å². The van der Waals surface area contributed by atoms with E-state index in [9.17, 15) is 5.11 Å². The van der Waals surface area contributed by atoms with Crippen LogP contribution in [-0.4, -0.2) is 19.9 Å². The summed E-state index contributed by atoms with van der Waals surface area (Å²) in [5.41, 5.74) is 3.85. The molecular weight excluding hydrogens is 258 g/mol. The van der Waals surface area contributed by atoms with Crippen LogP contribution in [0.5, 0.6) is 0 Å². The molecule has 0 aliphatic carbocycles. The van der Waals surface area contributed by atoms with Gasteiger partial charge in [0.2, 0.25) is 0 Å². The van der Waals surface area contributed by atoms with Crippen LogP contribution in [0.1, 0.15) is 22.0 Å². The van der Waals surface area contributed by atoms with Gasteiger partial charge in [-0.3, -0.25) is 4.68 Å². The van der Waals surface area contributed by atoms with Gasteiger partial charge in [-0.25, -0.2) is 4.98 Å². The number of fused-ring (bicyclic) bond motifs is 1. The van der Waals surface area contributed by atoms with Crippen molar-refractivity contribution in [2.24, 2.45) is 0 Å². The van der Waals surface area contributed by atoms with Gasteiger partial charge in [0.15, 0.2) is 0 Å². The van der Waals surface area contributed by atoms with Crippen molar-refractivity contribution < 1.29 is 5.11 Å². The molecule has 0 bridgehead atoms. The molecule has 5 heteroatoms. The second kappa shape index (κ2) is 4.75. The molecule has 4 nitrogen and oxygen atoms in total. The lowest BCUT2D eigenvalue weighted by Gasteiger charge is -2.01. The number of benzene rings is 1. The molecule has 98 valence electrons. The quantitative estimate of drug-likeness (QED) is 0.798. The molecule has 3 rings (SSSR count). The van der Waals surface area contributed by atoms with Crippen molar-refractivity contribution in [3.8, 4) is 0 Å².